The van der Waals surface area contributed by atoms with Gasteiger partial charge in [-0.05, 0) is 30.2 Å². The van der Waals surface area contributed by atoms with Crippen LogP contribution < -0.4 is 5.32 Å². The van der Waals surface area contributed by atoms with E-state index in [1.54, 1.807) is 32.6 Å². The molecule has 148 valence electrons. The summed E-state index contributed by atoms with van der Waals surface area (Å²) < 4.78 is 3.52. The van der Waals surface area contributed by atoms with Crippen molar-refractivity contribution >= 4 is 33.9 Å². The molecule has 3 heterocycles. The lowest BCUT2D eigenvalue weighted by molar-refractivity contribution is 0.0945. The number of fused-ring (bicyclic) bond motifs is 3. The summed E-state index contributed by atoms with van der Waals surface area (Å²) in [5, 5.41) is 3.87. The first kappa shape index (κ1) is 18.7. The molecule has 1 aromatic carbocycles. The van der Waals surface area contributed by atoms with E-state index < -0.39 is 0 Å². The van der Waals surface area contributed by atoms with Gasteiger partial charge in [0, 0.05) is 45.5 Å². The zero-order valence-electron chi connectivity index (χ0n) is 16.7. The van der Waals surface area contributed by atoms with Crippen molar-refractivity contribution in [1.29, 1.82) is 0 Å². The molecule has 3 aromatic heterocycles. The van der Waals surface area contributed by atoms with Crippen molar-refractivity contribution in [2.24, 2.45) is 7.05 Å². The molecule has 0 saturated carbocycles. The Morgan fingerprint density at radius 1 is 1.10 bits per heavy atom. The summed E-state index contributed by atoms with van der Waals surface area (Å²) in [6.45, 7) is 0.461. The summed E-state index contributed by atoms with van der Waals surface area (Å²) in [6, 6.07) is 13.3. The molecule has 0 aliphatic heterocycles. The molecule has 0 aliphatic carbocycles. The number of benzene rings is 1. The first-order valence-corrected chi connectivity index (χ1v) is 9.46. The lowest BCUT2D eigenvalue weighted by Gasteiger charge is -2.15. The number of pyridine rings is 1. The number of carbonyl (C=O) groups excluding carboxylic acids is 2. The van der Waals surface area contributed by atoms with Crippen LogP contribution in [0.3, 0.4) is 0 Å². The molecule has 4 aromatic rings. The number of aromatic nitrogens is 3. The van der Waals surface area contributed by atoms with Crippen molar-refractivity contribution in [3.05, 3.63) is 66.1 Å². The van der Waals surface area contributed by atoms with Crippen molar-refractivity contribution in [1.82, 2.24) is 24.3 Å². The van der Waals surface area contributed by atoms with Gasteiger partial charge in [-0.15, -0.1) is 0 Å². The van der Waals surface area contributed by atoms with E-state index in [1.165, 1.54) is 9.47 Å². The summed E-state index contributed by atoms with van der Waals surface area (Å²) in [6.07, 6.45) is 4.17. The van der Waals surface area contributed by atoms with E-state index in [9.17, 15) is 9.59 Å². The van der Waals surface area contributed by atoms with Gasteiger partial charge in [0.25, 0.3) is 5.91 Å². The maximum Gasteiger partial charge on any atom is 0.328 e. The highest BCUT2D eigenvalue weighted by Crippen LogP contribution is 2.31. The van der Waals surface area contributed by atoms with Crippen LogP contribution in [-0.4, -0.2) is 51.6 Å². The maximum atomic E-state index is 13.0. The number of carbonyl (C=O) groups is 2. The van der Waals surface area contributed by atoms with E-state index >= 15 is 0 Å². The molecule has 0 saturated heterocycles. The van der Waals surface area contributed by atoms with E-state index in [1.807, 2.05) is 48.0 Å². The molecule has 0 bridgehead atoms. The molecule has 29 heavy (non-hydrogen) atoms. The Kier molecular flexibility index (Phi) is 4.80. The monoisotopic (exact) mass is 389 g/mol. The van der Waals surface area contributed by atoms with Crippen molar-refractivity contribution in [3.8, 4) is 0 Å². The van der Waals surface area contributed by atoms with Crippen LogP contribution in [0.25, 0.3) is 21.9 Å². The van der Waals surface area contributed by atoms with Crippen molar-refractivity contribution in [2.75, 3.05) is 20.6 Å². The van der Waals surface area contributed by atoms with Gasteiger partial charge in [0.05, 0.1) is 16.6 Å². The molecular formula is C22H23N5O2. The molecule has 0 spiro atoms. The van der Waals surface area contributed by atoms with Crippen LogP contribution in [0.1, 0.15) is 16.1 Å². The van der Waals surface area contributed by atoms with Crippen LogP contribution in [0.4, 0.5) is 4.79 Å². The van der Waals surface area contributed by atoms with Gasteiger partial charge in [0.1, 0.15) is 5.69 Å². The Morgan fingerprint density at radius 3 is 2.62 bits per heavy atom. The van der Waals surface area contributed by atoms with Crippen molar-refractivity contribution in [2.45, 2.75) is 6.42 Å². The summed E-state index contributed by atoms with van der Waals surface area (Å²) in [4.78, 5) is 31.5. The minimum Gasteiger partial charge on any atom is -0.350 e. The van der Waals surface area contributed by atoms with Crippen molar-refractivity contribution in [3.63, 3.8) is 0 Å². The van der Waals surface area contributed by atoms with Gasteiger partial charge in [0.15, 0.2) is 0 Å². The second-order valence-electron chi connectivity index (χ2n) is 7.22. The Bertz CT molecular complexity index is 1200. The standard InChI is InChI=1S/C22H23N5O2/c1-25(2)22(29)27-19(21(28)24-12-10-15-7-6-11-23-14-15)13-18-20(27)16-8-4-5-9-17(16)26(18)3/h4-9,11,13-14H,10,12H2,1-3H3,(H,24,28). The second-order valence-corrected chi connectivity index (χ2v) is 7.22. The zero-order chi connectivity index (χ0) is 20.5. The van der Waals surface area contributed by atoms with E-state index in [4.69, 9.17) is 0 Å². The smallest absolute Gasteiger partial charge is 0.328 e. The van der Waals surface area contributed by atoms with Crippen LogP contribution in [-0.2, 0) is 13.5 Å². The Morgan fingerprint density at radius 2 is 1.90 bits per heavy atom. The quantitative estimate of drug-likeness (QED) is 0.583. The normalized spacial score (nSPS) is 11.1. The highest BCUT2D eigenvalue weighted by Gasteiger charge is 2.25. The largest absolute Gasteiger partial charge is 0.350 e. The first-order chi connectivity index (χ1) is 14.0. The first-order valence-electron chi connectivity index (χ1n) is 9.46. The van der Waals surface area contributed by atoms with Crippen LogP contribution in [0.2, 0.25) is 0 Å². The lowest BCUT2D eigenvalue weighted by Crippen LogP contribution is -2.33. The average Bonchev–Trinajstić information content (AvgIpc) is 3.25. The number of hydrogen-bond donors (Lipinski definition) is 1. The Hall–Kier alpha value is -3.61. The number of hydrogen-bond acceptors (Lipinski definition) is 3. The molecule has 0 radical (unpaired) electrons. The van der Waals surface area contributed by atoms with Crippen LogP contribution in [0.15, 0.2) is 54.9 Å². The van der Waals surface area contributed by atoms with E-state index in [0.717, 1.165) is 27.5 Å². The molecular weight excluding hydrogens is 366 g/mol. The Labute approximate surface area is 168 Å². The molecule has 0 fully saturated rings. The van der Waals surface area contributed by atoms with Crippen LogP contribution >= 0.6 is 0 Å². The highest BCUT2D eigenvalue weighted by atomic mass is 16.2. The third kappa shape index (κ3) is 3.24. The van der Waals surface area contributed by atoms with E-state index in [0.29, 0.717) is 18.7 Å². The molecule has 0 aliphatic rings. The summed E-state index contributed by atoms with van der Waals surface area (Å²) in [5.74, 6) is -0.274. The highest BCUT2D eigenvalue weighted by molar-refractivity contribution is 6.14. The fourth-order valence-electron chi connectivity index (χ4n) is 3.63. The summed E-state index contributed by atoms with van der Waals surface area (Å²) >= 11 is 0. The fraction of sp³-hybridized carbons (Fsp3) is 0.227. The lowest BCUT2D eigenvalue weighted by atomic mass is 10.2. The Balaban J connectivity index is 1.73. The van der Waals surface area contributed by atoms with Gasteiger partial charge in [0.2, 0.25) is 0 Å². The van der Waals surface area contributed by atoms with Gasteiger partial charge in [-0.1, -0.05) is 24.3 Å². The number of para-hydroxylation sites is 1. The van der Waals surface area contributed by atoms with Crippen LogP contribution in [0, 0.1) is 0 Å². The minimum absolute atomic E-state index is 0.256. The number of rotatable bonds is 4. The fourth-order valence-corrected chi connectivity index (χ4v) is 3.63. The van der Waals surface area contributed by atoms with Crippen molar-refractivity contribution < 1.29 is 9.59 Å². The van der Waals surface area contributed by atoms with Gasteiger partial charge in [-0.3, -0.25) is 14.3 Å². The summed E-state index contributed by atoms with van der Waals surface area (Å²) in [7, 11) is 5.31. The maximum absolute atomic E-state index is 13.0. The molecule has 0 unspecified atom stereocenters. The van der Waals surface area contributed by atoms with Gasteiger partial charge < -0.3 is 14.8 Å². The average molecular weight is 389 g/mol. The number of nitrogens with zero attached hydrogens (tertiary/aromatic N) is 4. The zero-order valence-corrected chi connectivity index (χ0v) is 16.7. The molecule has 7 heteroatoms. The molecule has 2 amide bonds. The van der Waals surface area contributed by atoms with E-state index in [2.05, 4.69) is 10.3 Å². The minimum atomic E-state index is -0.274. The predicted octanol–water partition coefficient (Wildman–Crippen LogP) is 3.03. The topological polar surface area (TPSA) is 72.2 Å². The SMILES string of the molecule is CN(C)C(=O)n1c(C(=O)NCCc2cccnc2)cc2c1c1ccccc1n2C. The summed E-state index contributed by atoms with van der Waals surface area (Å²) in [5.41, 5.74) is 3.99. The number of aryl methyl sites for hydroxylation is 1. The predicted molar refractivity (Wildman–Crippen MR) is 113 cm³/mol. The molecule has 1 N–H and O–H groups in total. The third-order valence-electron chi connectivity index (χ3n) is 5.09. The number of amides is 2. The van der Waals surface area contributed by atoms with Gasteiger partial charge in [-0.25, -0.2) is 4.79 Å². The van der Waals surface area contributed by atoms with Gasteiger partial charge in [-0.2, -0.15) is 0 Å². The molecule has 4 rings (SSSR count). The molecule has 0 atom stereocenters. The third-order valence-corrected chi connectivity index (χ3v) is 5.09. The van der Waals surface area contributed by atoms with Gasteiger partial charge >= 0.3 is 6.03 Å². The number of nitrogens with one attached hydrogen (secondary N) is 1. The second kappa shape index (κ2) is 7.43. The van der Waals surface area contributed by atoms with E-state index in [-0.39, 0.29) is 11.9 Å². The van der Waals surface area contributed by atoms with Crippen LogP contribution in [0.5, 0.6) is 0 Å². The molecule has 7 nitrogen and oxygen atoms in total.